The lowest BCUT2D eigenvalue weighted by Crippen LogP contribution is -2.34. The van der Waals surface area contributed by atoms with Gasteiger partial charge in [-0.15, -0.1) is 11.3 Å². The van der Waals surface area contributed by atoms with Crippen molar-refractivity contribution in [3.63, 3.8) is 0 Å². The molecule has 0 aromatic carbocycles. The summed E-state index contributed by atoms with van der Waals surface area (Å²) in [7, 11) is 0. The van der Waals surface area contributed by atoms with Crippen LogP contribution in [0.2, 0.25) is 0 Å². The summed E-state index contributed by atoms with van der Waals surface area (Å²) < 4.78 is 7.57. The fraction of sp³-hybridized carbons (Fsp3) is 0.650. The molecule has 1 saturated heterocycles. The van der Waals surface area contributed by atoms with Crippen molar-refractivity contribution in [1.29, 1.82) is 0 Å². The minimum absolute atomic E-state index is 0.0270. The molecule has 1 N–H and O–H groups in total. The number of amides is 1. The predicted molar refractivity (Wildman–Crippen MR) is 111 cm³/mol. The zero-order valence-electron chi connectivity index (χ0n) is 16.0. The summed E-state index contributed by atoms with van der Waals surface area (Å²) in [6.07, 6.45) is 7.33. The zero-order chi connectivity index (χ0) is 19.3. The van der Waals surface area contributed by atoms with Crippen molar-refractivity contribution in [3.8, 4) is 0 Å². The van der Waals surface area contributed by atoms with Crippen LogP contribution in [0.1, 0.15) is 49.5 Å². The Morgan fingerprint density at radius 3 is 2.96 bits per heavy atom. The molecule has 2 aromatic heterocycles. The molecule has 1 aliphatic heterocycles. The first-order valence-electron chi connectivity index (χ1n) is 10.2. The normalized spacial score (nSPS) is 22.5. The summed E-state index contributed by atoms with van der Waals surface area (Å²) in [5, 5.41) is 4.21. The van der Waals surface area contributed by atoms with E-state index in [4.69, 9.17) is 9.72 Å². The number of ether oxygens (including phenoxy) is 1. The van der Waals surface area contributed by atoms with E-state index in [0.29, 0.717) is 17.7 Å². The lowest BCUT2D eigenvalue weighted by molar-refractivity contribution is -0.120. The van der Waals surface area contributed by atoms with Crippen molar-refractivity contribution < 1.29 is 9.53 Å². The SMILES string of the molecule is C[C@@H](Sc1nc2sc3c(c2c(=O)n1C[C@H]1CCCO1)CCC3)C(=O)NC1CC1. The largest absolute Gasteiger partial charge is 0.376 e. The van der Waals surface area contributed by atoms with Gasteiger partial charge in [0.2, 0.25) is 5.91 Å². The molecule has 1 saturated carbocycles. The minimum Gasteiger partial charge on any atom is -0.376 e. The summed E-state index contributed by atoms with van der Waals surface area (Å²) in [6, 6.07) is 0.334. The number of rotatable bonds is 6. The molecule has 1 amide bonds. The van der Waals surface area contributed by atoms with E-state index in [-0.39, 0.29) is 22.8 Å². The van der Waals surface area contributed by atoms with Gasteiger partial charge in [-0.05, 0) is 57.4 Å². The second-order valence-corrected chi connectivity index (χ2v) is 10.4. The highest BCUT2D eigenvalue weighted by molar-refractivity contribution is 8.00. The van der Waals surface area contributed by atoms with Gasteiger partial charge in [-0.1, -0.05) is 11.8 Å². The third-order valence-electron chi connectivity index (χ3n) is 5.78. The quantitative estimate of drug-likeness (QED) is 0.576. The fourth-order valence-electron chi connectivity index (χ4n) is 4.06. The molecule has 2 aliphatic carbocycles. The van der Waals surface area contributed by atoms with Gasteiger partial charge < -0.3 is 10.1 Å². The van der Waals surface area contributed by atoms with E-state index in [1.807, 2.05) is 6.92 Å². The average Bonchev–Trinajstić information content (AvgIpc) is 3.06. The van der Waals surface area contributed by atoms with Crippen LogP contribution in [0.3, 0.4) is 0 Å². The smallest absolute Gasteiger partial charge is 0.263 e. The maximum Gasteiger partial charge on any atom is 0.263 e. The maximum absolute atomic E-state index is 13.5. The number of nitrogens with one attached hydrogen (secondary N) is 1. The van der Waals surface area contributed by atoms with Crippen LogP contribution in [0.15, 0.2) is 9.95 Å². The van der Waals surface area contributed by atoms with Crippen LogP contribution in [0, 0.1) is 0 Å². The number of fused-ring (bicyclic) bond motifs is 3. The van der Waals surface area contributed by atoms with Crippen LogP contribution in [0.25, 0.3) is 10.2 Å². The van der Waals surface area contributed by atoms with Crippen molar-refractivity contribution in [2.24, 2.45) is 0 Å². The van der Waals surface area contributed by atoms with Gasteiger partial charge >= 0.3 is 0 Å². The van der Waals surface area contributed by atoms with E-state index in [0.717, 1.165) is 61.8 Å². The molecule has 150 valence electrons. The van der Waals surface area contributed by atoms with Crippen LogP contribution in [-0.2, 0) is 28.9 Å². The molecule has 2 fully saturated rings. The predicted octanol–water partition coefficient (Wildman–Crippen LogP) is 2.88. The van der Waals surface area contributed by atoms with Crippen molar-refractivity contribution >= 4 is 39.2 Å². The molecule has 5 rings (SSSR count). The summed E-state index contributed by atoms with van der Waals surface area (Å²) in [4.78, 5) is 32.9. The Balaban J connectivity index is 1.51. The number of nitrogens with zero attached hydrogens (tertiary/aromatic N) is 2. The molecule has 2 aromatic rings. The van der Waals surface area contributed by atoms with Crippen LogP contribution in [0.4, 0.5) is 0 Å². The van der Waals surface area contributed by atoms with Crippen LogP contribution >= 0.6 is 23.1 Å². The zero-order valence-corrected chi connectivity index (χ0v) is 17.7. The summed E-state index contributed by atoms with van der Waals surface area (Å²) >= 11 is 3.04. The lowest BCUT2D eigenvalue weighted by atomic mass is 10.2. The molecule has 2 atom stereocenters. The monoisotopic (exact) mass is 419 g/mol. The number of carbonyl (C=O) groups excluding carboxylic acids is 1. The number of hydrogen-bond acceptors (Lipinski definition) is 6. The first-order chi connectivity index (χ1) is 13.6. The van der Waals surface area contributed by atoms with Gasteiger partial charge in [0.1, 0.15) is 4.83 Å². The van der Waals surface area contributed by atoms with Crippen molar-refractivity contribution in [3.05, 3.63) is 20.8 Å². The van der Waals surface area contributed by atoms with Crippen LogP contribution < -0.4 is 10.9 Å². The Labute approximate surface area is 172 Å². The molecule has 0 spiro atoms. The molecule has 8 heteroatoms. The first-order valence-corrected chi connectivity index (χ1v) is 11.9. The van der Waals surface area contributed by atoms with E-state index in [1.165, 1.54) is 22.2 Å². The van der Waals surface area contributed by atoms with Crippen LogP contribution in [0.5, 0.6) is 0 Å². The van der Waals surface area contributed by atoms with E-state index in [2.05, 4.69) is 5.32 Å². The molecule has 3 heterocycles. The maximum atomic E-state index is 13.5. The summed E-state index contributed by atoms with van der Waals surface area (Å²) in [5.41, 5.74) is 1.24. The van der Waals surface area contributed by atoms with Gasteiger partial charge in [0.25, 0.3) is 5.56 Å². The van der Waals surface area contributed by atoms with E-state index in [1.54, 1.807) is 15.9 Å². The number of thiophene rings is 1. The highest BCUT2D eigenvalue weighted by Crippen LogP contribution is 2.36. The highest BCUT2D eigenvalue weighted by Gasteiger charge is 2.29. The molecule has 3 aliphatic rings. The second-order valence-electron chi connectivity index (χ2n) is 8.03. The van der Waals surface area contributed by atoms with Crippen LogP contribution in [-0.4, -0.2) is 39.5 Å². The second kappa shape index (κ2) is 7.46. The highest BCUT2D eigenvalue weighted by atomic mass is 32.2. The Morgan fingerprint density at radius 1 is 1.36 bits per heavy atom. The van der Waals surface area contributed by atoms with Gasteiger partial charge in [0.15, 0.2) is 5.16 Å². The topological polar surface area (TPSA) is 73.2 Å². The number of carbonyl (C=O) groups is 1. The van der Waals surface area contributed by atoms with E-state index >= 15 is 0 Å². The van der Waals surface area contributed by atoms with E-state index in [9.17, 15) is 9.59 Å². The van der Waals surface area contributed by atoms with Gasteiger partial charge in [-0.3, -0.25) is 14.2 Å². The lowest BCUT2D eigenvalue weighted by Gasteiger charge is -2.18. The van der Waals surface area contributed by atoms with Crippen molar-refractivity contribution in [1.82, 2.24) is 14.9 Å². The van der Waals surface area contributed by atoms with Crippen molar-refractivity contribution in [2.45, 2.75) is 81.0 Å². The summed E-state index contributed by atoms with van der Waals surface area (Å²) in [5.74, 6) is 0.0270. The molecule has 0 radical (unpaired) electrons. The van der Waals surface area contributed by atoms with Gasteiger partial charge in [0, 0.05) is 17.5 Å². The number of aromatic nitrogens is 2. The van der Waals surface area contributed by atoms with E-state index < -0.39 is 0 Å². The Hall–Kier alpha value is -1.38. The average molecular weight is 420 g/mol. The number of thioether (sulfide) groups is 1. The molecule has 28 heavy (non-hydrogen) atoms. The minimum atomic E-state index is -0.285. The third-order valence-corrected chi connectivity index (χ3v) is 8.05. The van der Waals surface area contributed by atoms with Gasteiger partial charge in [-0.25, -0.2) is 4.98 Å². The summed E-state index contributed by atoms with van der Waals surface area (Å²) in [6.45, 7) is 3.17. The molecular formula is C20H25N3O3S2. The number of aryl methyl sites for hydroxylation is 2. The molecule has 0 unspecified atom stereocenters. The molecular weight excluding hydrogens is 394 g/mol. The Kier molecular flexibility index (Phi) is 4.97. The molecule has 0 bridgehead atoms. The molecule has 6 nitrogen and oxygen atoms in total. The Bertz CT molecular complexity index is 973. The fourth-order valence-corrected chi connectivity index (χ4v) is 6.29. The first kappa shape index (κ1) is 18.6. The third kappa shape index (κ3) is 3.50. The standard InChI is InChI=1S/C20H25N3O3S2/c1-11(17(24)21-12-7-8-12)27-20-22-18-16(14-5-2-6-15(14)28-18)19(25)23(20)10-13-4-3-9-26-13/h11-13H,2-10H2,1H3,(H,21,24)/t11-,13-/m1/s1. The van der Waals surface area contributed by atoms with Gasteiger partial charge in [-0.2, -0.15) is 0 Å². The van der Waals surface area contributed by atoms with Crippen molar-refractivity contribution in [2.75, 3.05) is 6.61 Å². The van der Waals surface area contributed by atoms with Gasteiger partial charge in [0.05, 0.1) is 23.3 Å². The Morgan fingerprint density at radius 2 is 2.21 bits per heavy atom. The number of hydrogen-bond donors (Lipinski definition) is 1.